The first-order valence-corrected chi connectivity index (χ1v) is 10.8. The van der Waals surface area contributed by atoms with Gasteiger partial charge in [0.05, 0.1) is 34.1 Å². The van der Waals surface area contributed by atoms with Crippen LogP contribution >= 0.6 is 23.2 Å². The van der Waals surface area contributed by atoms with E-state index in [-0.39, 0.29) is 21.3 Å². The number of rotatable bonds is 5. The van der Waals surface area contributed by atoms with Crippen molar-refractivity contribution in [3.63, 3.8) is 0 Å². The van der Waals surface area contributed by atoms with E-state index in [1.54, 1.807) is 24.3 Å². The molecule has 4 aromatic rings. The summed E-state index contributed by atoms with van der Waals surface area (Å²) in [5, 5.41) is 4.51. The molecular weight excluding hydrogens is 465 g/mol. The number of anilines is 1. The molecule has 2 heterocycles. The van der Waals surface area contributed by atoms with Crippen LogP contribution in [0.25, 0.3) is 21.9 Å². The van der Waals surface area contributed by atoms with Crippen LogP contribution in [-0.2, 0) is 4.74 Å². The van der Waals surface area contributed by atoms with Crippen molar-refractivity contribution in [2.45, 2.75) is 26.4 Å². The van der Waals surface area contributed by atoms with Gasteiger partial charge in [0.2, 0.25) is 0 Å². The number of hydrogen-bond donors (Lipinski definition) is 1. The topological polar surface area (TPSA) is 86.0 Å². The third-order valence-corrected chi connectivity index (χ3v) is 5.30. The monoisotopic (exact) mass is 485 g/mol. The number of aliphatic imine (C=N–C) groups is 1. The van der Waals surface area contributed by atoms with Crippen LogP contribution in [0.15, 0.2) is 52.1 Å². The number of methoxy groups -OCH3 is 1. The molecule has 2 aromatic carbocycles. The summed E-state index contributed by atoms with van der Waals surface area (Å²) < 4.78 is 17.1. The molecule has 0 aliphatic heterocycles. The molecule has 9 heteroatoms. The van der Waals surface area contributed by atoms with Crippen LogP contribution in [0.1, 0.15) is 31.1 Å². The van der Waals surface area contributed by atoms with E-state index in [1.807, 2.05) is 26.8 Å². The highest BCUT2D eigenvalue weighted by molar-refractivity contribution is 6.40. The smallest absolute Gasteiger partial charge is 0.256 e. The minimum absolute atomic E-state index is 0.230. The van der Waals surface area contributed by atoms with Crippen LogP contribution in [0.5, 0.6) is 5.75 Å². The fraction of sp³-hybridized carbons (Fsp3) is 0.208. The molecule has 4 rings (SSSR count). The lowest BCUT2D eigenvalue weighted by Gasteiger charge is -2.16. The molecule has 33 heavy (non-hydrogen) atoms. The first-order chi connectivity index (χ1) is 15.7. The number of nitrogens with one attached hydrogen (secondary N) is 1. The van der Waals surface area contributed by atoms with E-state index in [2.05, 4.69) is 15.3 Å². The van der Waals surface area contributed by atoms with Crippen LogP contribution in [0.2, 0.25) is 10.0 Å². The Hall–Kier alpha value is -3.29. The minimum Gasteiger partial charge on any atom is -0.493 e. The number of carbonyl (C=O) groups excluding carboxylic acids is 1. The lowest BCUT2D eigenvalue weighted by Crippen LogP contribution is -2.17. The highest BCUT2D eigenvalue weighted by Gasteiger charge is 2.21. The highest BCUT2D eigenvalue weighted by atomic mass is 35.5. The molecule has 0 bridgehead atoms. The predicted molar refractivity (Wildman–Crippen MR) is 131 cm³/mol. The number of nitrogens with zero attached hydrogens (tertiary/aromatic N) is 2. The minimum atomic E-state index is -0.412. The Kier molecular flexibility index (Phi) is 6.19. The molecule has 0 spiro atoms. The Balaban J connectivity index is 1.83. The van der Waals surface area contributed by atoms with Crippen molar-refractivity contribution in [1.29, 1.82) is 0 Å². The van der Waals surface area contributed by atoms with Gasteiger partial charge in [0.25, 0.3) is 5.91 Å². The zero-order valence-corrected chi connectivity index (χ0v) is 19.9. The standard InChI is InChI=1S/C24H21Cl2N3O4/c1-24(2,3)32-12-28-13-5-7-18-15(9-13)20-14(6-8-19(31-4)22(20)33-18)23(30)29-21-16(25)10-27-11-17(21)26/h5-12H,1-4H3,(H,27,29,30). The molecule has 1 amide bonds. The summed E-state index contributed by atoms with van der Waals surface area (Å²) in [7, 11) is 1.54. The van der Waals surface area contributed by atoms with Gasteiger partial charge in [-0.15, -0.1) is 0 Å². The van der Waals surface area contributed by atoms with Crippen LogP contribution in [-0.4, -0.2) is 30.0 Å². The Morgan fingerprint density at radius 2 is 1.88 bits per heavy atom. The second-order valence-electron chi connectivity index (χ2n) is 8.20. The summed E-state index contributed by atoms with van der Waals surface area (Å²) in [4.78, 5) is 21.5. The summed E-state index contributed by atoms with van der Waals surface area (Å²) in [6.45, 7) is 5.80. The molecule has 170 valence electrons. The normalized spacial score (nSPS) is 11.9. The van der Waals surface area contributed by atoms with Gasteiger partial charge in [-0.2, -0.15) is 0 Å². The molecule has 0 saturated carbocycles. The second kappa shape index (κ2) is 8.92. The van der Waals surface area contributed by atoms with Gasteiger partial charge in [-0.05, 0) is 51.1 Å². The van der Waals surface area contributed by atoms with Crippen LogP contribution < -0.4 is 10.1 Å². The molecule has 1 N–H and O–H groups in total. The van der Waals surface area contributed by atoms with Crippen LogP contribution in [0, 0.1) is 0 Å². The Morgan fingerprint density at radius 1 is 1.15 bits per heavy atom. The van der Waals surface area contributed by atoms with E-state index in [4.69, 9.17) is 37.1 Å². The molecular formula is C24H21Cl2N3O4. The number of benzene rings is 2. The van der Waals surface area contributed by atoms with Crippen LogP contribution in [0.4, 0.5) is 11.4 Å². The second-order valence-corrected chi connectivity index (χ2v) is 9.01. The number of aromatic nitrogens is 1. The van der Waals surface area contributed by atoms with Crippen molar-refractivity contribution < 1.29 is 18.7 Å². The first kappa shape index (κ1) is 22.9. The maximum atomic E-state index is 13.3. The van der Waals surface area contributed by atoms with E-state index < -0.39 is 5.91 Å². The van der Waals surface area contributed by atoms with Crippen molar-refractivity contribution in [2.24, 2.45) is 4.99 Å². The van der Waals surface area contributed by atoms with Gasteiger partial charge in [-0.25, -0.2) is 4.99 Å². The molecule has 0 radical (unpaired) electrons. The van der Waals surface area contributed by atoms with Crippen molar-refractivity contribution in [1.82, 2.24) is 4.98 Å². The maximum absolute atomic E-state index is 13.3. The zero-order chi connectivity index (χ0) is 23.8. The summed E-state index contributed by atoms with van der Waals surface area (Å²) in [5.74, 6) is 0.0872. The van der Waals surface area contributed by atoms with Gasteiger partial charge in [-0.3, -0.25) is 9.78 Å². The number of hydrogen-bond acceptors (Lipinski definition) is 6. The van der Waals surface area contributed by atoms with Crippen LogP contribution in [0.3, 0.4) is 0 Å². The highest BCUT2D eigenvalue weighted by Crippen LogP contribution is 2.39. The molecule has 0 fully saturated rings. The Morgan fingerprint density at radius 3 is 2.55 bits per heavy atom. The Bertz CT molecular complexity index is 1370. The SMILES string of the molecule is COc1ccc(C(=O)Nc2c(Cl)cncc2Cl)c2c1oc1ccc(N=COC(C)(C)C)cc12. The van der Waals surface area contributed by atoms with Crippen molar-refractivity contribution >= 4 is 68.8 Å². The van der Waals surface area contributed by atoms with E-state index in [0.717, 1.165) is 0 Å². The van der Waals surface area contributed by atoms with E-state index in [9.17, 15) is 4.79 Å². The fourth-order valence-corrected chi connectivity index (χ4v) is 3.69. The van der Waals surface area contributed by atoms with Crippen molar-refractivity contribution in [2.75, 3.05) is 12.4 Å². The summed E-state index contributed by atoms with van der Waals surface area (Å²) in [5.41, 5.74) is 1.95. The number of halogens is 2. The molecule has 0 aliphatic carbocycles. The summed E-state index contributed by atoms with van der Waals surface area (Å²) >= 11 is 12.3. The van der Waals surface area contributed by atoms with Crippen molar-refractivity contribution in [3.05, 3.63) is 58.3 Å². The average molecular weight is 486 g/mol. The number of carbonyl (C=O) groups is 1. The molecule has 2 aromatic heterocycles. The number of amides is 1. The predicted octanol–water partition coefficient (Wildman–Crippen LogP) is 7.02. The van der Waals surface area contributed by atoms with Gasteiger partial charge in [0.15, 0.2) is 17.7 Å². The fourth-order valence-electron chi connectivity index (χ4n) is 3.23. The van der Waals surface area contributed by atoms with E-state index >= 15 is 0 Å². The average Bonchev–Trinajstić information content (AvgIpc) is 3.14. The largest absolute Gasteiger partial charge is 0.493 e. The number of ether oxygens (including phenoxy) is 2. The summed E-state index contributed by atoms with van der Waals surface area (Å²) in [6.07, 6.45) is 4.22. The van der Waals surface area contributed by atoms with E-state index in [0.29, 0.717) is 38.9 Å². The molecule has 0 atom stereocenters. The third kappa shape index (κ3) is 4.74. The summed E-state index contributed by atoms with van der Waals surface area (Å²) in [6, 6.07) is 8.75. The van der Waals surface area contributed by atoms with Gasteiger partial charge >= 0.3 is 0 Å². The van der Waals surface area contributed by atoms with E-state index in [1.165, 1.54) is 25.9 Å². The third-order valence-electron chi connectivity index (χ3n) is 4.73. The first-order valence-electron chi connectivity index (χ1n) is 10.0. The van der Waals surface area contributed by atoms with Gasteiger partial charge in [0, 0.05) is 23.2 Å². The Labute approximate surface area is 200 Å². The zero-order valence-electron chi connectivity index (χ0n) is 18.4. The number of pyridine rings is 1. The van der Waals surface area contributed by atoms with Crippen molar-refractivity contribution in [3.8, 4) is 5.75 Å². The lowest BCUT2D eigenvalue weighted by molar-refractivity contribution is 0.102. The molecule has 7 nitrogen and oxygen atoms in total. The number of furan rings is 1. The molecule has 0 unspecified atom stereocenters. The van der Waals surface area contributed by atoms with Gasteiger partial charge in [-0.1, -0.05) is 23.2 Å². The maximum Gasteiger partial charge on any atom is 0.256 e. The molecule has 0 saturated heterocycles. The quantitative estimate of drug-likeness (QED) is 0.242. The van der Waals surface area contributed by atoms with Gasteiger partial charge < -0.3 is 19.2 Å². The number of fused-ring (bicyclic) bond motifs is 3. The lowest BCUT2D eigenvalue weighted by atomic mass is 10.0. The van der Waals surface area contributed by atoms with Gasteiger partial charge in [0.1, 0.15) is 11.2 Å². The molecule has 0 aliphatic rings.